The second-order valence-electron chi connectivity index (χ2n) is 9.98. The third kappa shape index (κ3) is 4.69. The molecule has 0 unspecified atom stereocenters. The number of nitro benzene ring substituents is 1. The number of aryl methyl sites for hydroxylation is 1. The Morgan fingerprint density at radius 1 is 1.05 bits per heavy atom. The molecule has 1 aliphatic carbocycles. The Labute approximate surface area is 220 Å². The molecule has 1 N–H and O–H groups in total. The third-order valence-corrected chi connectivity index (χ3v) is 7.61. The number of nitro groups is 1. The smallest absolute Gasteiger partial charge is 0.331 e. The van der Waals surface area contributed by atoms with Gasteiger partial charge < -0.3 is 14.2 Å². The Morgan fingerprint density at radius 3 is 2.45 bits per heavy atom. The van der Waals surface area contributed by atoms with Crippen LogP contribution in [-0.2, 0) is 14.3 Å². The van der Waals surface area contributed by atoms with Crippen LogP contribution >= 0.6 is 0 Å². The van der Waals surface area contributed by atoms with Crippen LogP contribution in [-0.4, -0.2) is 64.6 Å². The van der Waals surface area contributed by atoms with E-state index in [2.05, 4.69) is 5.32 Å². The minimum absolute atomic E-state index is 0.000256. The predicted molar refractivity (Wildman–Crippen MR) is 140 cm³/mol. The molecule has 3 heterocycles. The first kappa shape index (κ1) is 25.7. The summed E-state index contributed by atoms with van der Waals surface area (Å²) in [7, 11) is 0. The molecule has 1 aromatic carbocycles. The maximum atomic E-state index is 13.3. The number of urea groups is 1. The summed E-state index contributed by atoms with van der Waals surface area (Å²) in [6, 6.07) is 6.07. The number of carbonyl (C=O) groups is 3. The van der Waals surface area contributed by atoms with Crippen molar-refractivity contribution < 1.29 is 24.0 Å². The lowest BCUT2D eigenvalue weighted by Gasteiger charge is -2.35. The van der Waals surface area contributed by atoms with Crippen LogP contribution in [0.2, 0.25) is 0 Å². The number of benzene rings is 1. The van der Waals surface area contributed by atoms with Crippen molar-refractivity contribution in [3.63, 3.8) is 0 Å². The van der Waals surface area contributed by atoms with Crippen molar-refractivity contribution in [1.29, 1.82) is 0 Å². The number of nitrogens with zero attached hydrogens (tertiary/aromatic N) is 4. The lowest BCUT2D eigenvalue weighted by atomic mass is 9.93. The van der Waals surface area contributed by atoms with Crippen LogP contribution in [0.3, 0.4) is 0 Å². The molecule has 5 rings (SSSR count). The average molecular weight is 522 g/mol. The molecule has 3 aliphatic rings. The summed E-state index contributed by atoms with van der Waals surface area (Å²) in [5.41, 5.74) is 3.18. The van der Waals surface area contributed by atoms with Gasteiger partial charge in [-0.15, -0.1) is 0 Å². The van der Waals surface area contributed by atoms with Crippen molar-refractivity contribution in [2.75, 3.05) is 31.2 Å². The van der Waals surface area contributed by atoms with Crippen LogP contribution in [0.4, 0.5) is 16.2 Å². The lowest BCUT2D eigenvalue weighted by Crippen LogP contribution is -2.58. The Morgan fingerprint density at radius 2 is 1.76 bits per heavy atom. The number of anilines is 1. The topological polar surface area (TPSA) is 127 Å². The number of amides is 4. The minimum Gasteiger partial charge on any atom is -0.378 e. The standard InChI is InChI=1S/C27H31N5O6/c1-17-14-19(15-22-25(33)28-27(35)31(26(22)34)20-6-4-3-5-7-20)18(2)30(17)21-8-9-23(24(16-21)32(36)37)29-10-12-38-13-11-29/h8-9,14-16,20H,3-7,10-13H2,1-2H3,(H,28,33,35)/b22-15+. The molecule has 1 aromatic heterocycles. The SMILES string of the molecule is Cc1cc(/C=C2\C(=O)NC(=O)N(C3CCCCC3)C2=O)c(C)n1-c1ccc(N2CCOCC2)c([N+](=O)[O-])c1. The van der Waals surface area contributed by atoms with E-state index in [1.54, 1.807) is 12.1 Å². The van der Waals surface area contributed by atoms with Gasteiger partial charge in [-0.05, 0) is 56.5 Å². The summed E-state index contributed by atoms with van der Waals surface area (Å²) in [6.45, 7) is 5.88. The van der Waals surface area contributed by atoms with E-state index in [4.69, 9.17) is 4.74 Å². The zero-order valence-electron chi connectivity index (χ0n) is 21.6. The molecule has 2 aromatic rings. The Kier molecular flexibility index (Phi) is 7.02. The van der Waals surface area contributed by atoms with Gasteiger partial charge in [0.15, 0.2) is 0 Å². The lowest BCUT2D eigenvalue weighted by molar-refractivity contribution is -0.384. The second-order valence-corrected chi connectivity index (χ2v) is 9.98. The largest absolute Gasteiger partial charge is 0.378 e. The summed E-state index contributed by atoms with van der Waals surface area (Å²) in [6.07, 6.45) is 5.91. The molecule has 3 fully saturated rings. The van der Waals surface area contributed by atoms with Crippen molar-refractivity contribution in [1.82, 2.24) is 14.8 Å². The Balaban J connectivity index is 1.49. The minimum atomic E-state index is -0.720. The molecule has 200 valence electrons. The monoisotopic (exact) mass is 521 g/mol. The fourth-order valence-electron chi connectivity index (χ4n) is 5.70. The number of aromatic nitrogens is 1. The van der Waals surface area contributed by atoms with Crippen molar-refractivity contribution in [2.24, 2.45) is 0 Å². The van der Waals surface area contributed by atoms with Gasteiger partial charge >= 0.3 is 6.03 Å². The third-order valence-electron chi connectivity index (χ3n) is 7.61. The Bertz CT molecular complexity index is 1330. The van der Waals surface area contributed by atoms with Crippen molar-refractivity contribution in [3.8, 4) is 5.69 Å². The fourth-order valence-corrected chi connectivity index (χ4v) is 5.70. The highest BCUT2D eigenvalue weighted by Gasteiger charge is 2.40. The molecule has 0 radical (unpaired) electrons. The fraction of sp³-hybridized carbons (Fsp3) is 0.444. The first-order valence-electron chi connectivity index (χ1n) is 13.0. The number of imide groups is 2. The zero-order chi connectivity index (χ0) is 27.0. The Hall–Kier alpha value is -3.99. The van der Waals surface area contributed by atoms with Crippen LogP contribution in [0.25, 0.3) is 11.8 Å². The summed E-state index contributed by atoms with van der Waals surface area (Å²) in [4.78, 5) is 53.2. The summed E-state index contributed by atoms with van der Waals surface area (Å²) < 4.78 is 7.24. The predicted octanol–water partition coefficient (Wildman–Crippen LogP) is 3.63. The van der Waals surface area contributed by atoms with Gasteiger partial charge in [0.05, 0.1) is 23.8 Å². The summed E-state index contributed by atoms with van der Waals surface area (Å²) in [5, 5.41) is 14.3. The van der Waals surface area contributed by atoms with Gasteiger partial charge in [0.2, 0.25) is 0 Å². The first-order valence-corrected chi connectivity index (χ1v) is 13.0. The molecule has 0 spiro atoms. The van der Waals surface area contributed by atoms with E-state index in [9.17, 15) is 24.5 Å². The number of ether oxygens (including phenoxy) is 1. The molecule has 38 heavy (non-hydrogen) atoms. The molecule has 1 saturated carbocycles. The molecular formula is C27H31N5O6. The van der Waals surface area contributed by atoms with E-state index in [1.807, 2.05) is 35.4 Å². The maximum absolute atomic E-state index is 13.3. The van der Waals surface area contributed by atoms with Crippen LogP contribution in [0.5, 0.6) is 0 Å². The van der Waals surface area contributed by atoms with E-state index in [0.29, 0.717) is 48.9 Å². The zero-order valence-corrected chi connectivity index (χ0v) is 21.6. The molecule has 0 bridgehead atoms. The maximum Gasteiger partial charge on any atom is 0.331 e. The quantitative estimate of drug-likeness (QED) is 0.275. The second kappa shape index (κ2) is 10.4. The number of hydrogen-bond acceptors (Lipinski definition) is 7. The number of rotatable bonds is 5. The van der Waals surface area contributed by atoms with Gasteiger partial charge in [-0.1, -0.05) is 19.3 Å². The van der Waals surface area contributed by atoms with Crippen LogP contribution in [0, 0.1) is 24.0 Å². The first-order chi connectivity index (χ1) is 18.3. The van der Waals surface area contributed by atoms with E-state index in [0.717, 1.165) is 37.8 Å². The number of carbonyl (C=O) groups excluding carboxylic acids is 3. The van der Waals surface area contributed by atoms with Crippen LogP contribution in [0.15, 0.2) is 29.8 Å². The highest BCUT2D eigenvalue weighted by atomic mass is 16.6. The highest BCUT2D eigenvalue weighted by molar-refractivity contribution is 6.31. The number of barbiturate groups is 1. The van der Waals surface area contributed by atoms with E-state index >= 15 is 0 Å². The van der Waals surface area contributed by atoms with Crippen LogP contribution in [0.1, 0.15) is 49.1 Å². The highest BCUT2D eigenvalue weighted by Crippen LogP contribution is 2.33. The van der Waals surface area contributed by atoms with Crippen LogP contribution < -0.4 is 10.2 Å². The van der Waals surface area contributed by atoms with E-state index < -0.39 is 17.8 Å². The van der Waals surface area contributed by atoms with Gasteiger partial charge in [0.1, 0.15) is 11.3 Å². The average Bonchev–Trinajstić information content (AvgIpc) is 3.19. The number of morpholine rings is 1. The van der Waals surface area contributed by atoms with E-state index in [-0.39, 0.29) is 22.2 Å². The molecule has 2 saturated heterocycles. The molecular weight excluding hydrogens is 490 g/mol. The number of nitrogens with one attached hydrogen (secondary N) is 1. The van der Waals surface area contributed by atoms with Gasteiger partial charge in [-0.25, -0.2) is 4.79 Å². The van der Waals surface area contributed by atoms with Crippen molar-refractivity contribution >= 4 is 35.3 Å². The number of hydrogen-bond donors (Lipinski definition) is 1. The molecule has 0 atom stereocenters. The van der Waals surface area contributed by atoms with Gasteiger partial charge in [0, 0.05) is 36.6 Å². The molecule has 4 amide bonds. The molecule has 2 aliphatic heterocycles. The van der Waals surface area contributed by atoms with Gasteiger partial charge in [-0.3, -0.25) is 29.9 Å². The van der Waals surface area contributed by atoms with Crippen molar-refractivity contribution in [3.05, 3.63) is 56.9 Å². The van der Waals surface area contributed by atoms with Crippen molar-refractivity contribution in [2.45, 2.75) is 52.0 Å². The van der Waals surface area contributed by atoms with Gasteiger partial charge in [-0.2, -0.15) is 0 Å². The molecule has 11 heteroatoms. The van der Waals surface area contributed by atoms with Gasteiger partial charge in [0.25, 0.3) is 17.5 Å². The summed E-state index contributed by atoms with van der Waals surface area (Å²) >= 11 is 0. The molecule has 11 nitrogen and oxygen atoms in total. The normalized spacial score (nSPS) is 20.3. The summed E-state index contributed by atoms with van der Waals surface area (Å²) in [5.74, 6) is -1.30. The van der Waals surface area contributed by atoms with E-state index in [1.165, 1.54) is 11.0 Å².